The lowest BCUT2D eigenvalue weighted by Crippen LogP contribution is -2.25. The van der Waals surface area contributed by atoms with Crippen molar-refractivity contribution in [3.63, 3.8) is 0 Å². The van der Waals surface area contributed by atoms with E-state index in [1.165, 1.54) is 24.3 Å². The summed E-state index contributed by atoms with van der Waals surface area (Å²) >= 11 is 0. The van der Waals surface area contributed by atoms with Gasteiger partial charge in [0.1, 0.15) is 5.75 Å². The van der Waals surface area contributed by atoms with E-state index in [9.17, 15) is 17.8 Å². The first kappa shape index (κ1) is 12.8. The Labute approximate surface area is 93.6 Å². The molecule has 1 atom stereocenters. The maximum atomic E-state index is 13.5. The number of alkyl halides is 2. The molecule has 0 fully saturated rings. The predicted octanol–water partition coefficient (Wildman–Crippen LogP) is 1.61. The van der Waals surface area contributed by atoms with E-state index in [-0.39, 0.29) is 5.56 Å². The van der Waals surface area contributed by atoms with Crippen LogP contribution < -0.4 is 0 Å². The minimum Gasteiger partial charge on any atom is -0.481 e. The van der Waals surface area contributed by atoms with Gasteiger partial charge < -0.3 is 5.11 Å². The Morgan fingerprint density at radius 3 is 2.38 bits per heavy atom. The lowest BCUT2D eigenvalue weighted by atomic mass is 10.1. The molecule has 88 valence electrons. The highest BCUT2D eigenvalue weighted by Gasteiger charge is 2.34. The number of carbonyl (C=O) groups is 1. The number of hydrogen-bond donors (Lipinski definition) is 1. The smallest absolute Gasteiger partial charge is 0.316 e. The molecule has 0 heterocycles. The van der Waals surface area contributed by atoms with Crippen LogP contribution in [-0.2, 0) is 21.5 Å². The summed E-state index contributed by atoms with van der Waals surface area (Å²) in [5.41, 5.74) is -0.256. The zero-order valence-corrected chi connectivity index (χ0v) is 9.05. The molecular weight excluding hydrogens is 238 g/mol. The second-order valence-corrected chi connectivity index (χ2v) is 4.65. The molecule has 16 heavy (non-hydrogen) atoms. The molecule has 0 aliphatic carbocycles. The quantitative estimate of drug-likeness (QED) is 0.861. The Hall–Kier alpha value is -1.30. The van der Waals surface area contributed by atoms with Gasteiger partial charge in [0.05, 0.1) is 5.75 Å². The monoisotopic (exact) mass is 248 g/mol. The maximum absolute atomic E-state index is 13.5. The second-order valence-electron chi connectivity index (χ2n) is 3.19. The van der Waals surface area contributed by atoms with Gasteiger partial charge in [0.2, 0.25) is 0 Å². The molecule has 1 N–H and O–H groups in total. The molecule has 0 bridgehead atoms. The summed E-state index contributed by atoms with van der Waals surface area (Å²) in [7, 11) is -2.07. The van der Waals surface area contributed by atoms with Crippen molar-refractivity contribution in [3.8, 4) is 0 Å². The lowest BCUT2D eigenvalue weighted by Gasteiger charge is -2.15. The maximum Gasteiger partial charge on any atom is 0.316 e. The number of benzene rings is 1. The van der Waals surface area contributed by atoms with Crippen LogP contribution >= 0.6 is 0 Å². The van der Waals surface area contributed by atoms with Crippen LogP contribution in [0.4, 0.5) is 8.78 Å². The fourth-order valence-corrected chi connectivity index (χ4v) is 2.10. The molecule has 0 aromatic heterocycles. The molecule has 1 aromatic rings. The van der Waals surface area contributed by atoms with Gasteiger partial charge in [-0.15, -0.1) is 0 Å². The van der Waals surface area contributed by atoms with Crippen molar-refractivity contribution in [2.45, 2.75) is 5.92 Å². The third kappa shape index (κ3) is 3.69. The first-order valence-corrected chi connectivity index (χ1v) is 5.91. The third-order valence-electron chi connectivity index (χ3n) is 1.82. The molecule has 0 amide bonds. The molecule has 3 nitrogen and oxygen atoms in total. The van der Waals surface area contributed by atoms with E-state index in [2.05, 4.69) is 0 Å². The Kier molecular flexibility index (Phi) is 4.12. The van der Waals surface area contributed by atoms with E-state index in [4.69, 9.17) is 5.11 Å². The Bertz CT molecular complexity index is 392. The summed E-state index contributed by atoms with van der Waals surface area (Å²) in [5, 5.41) is 8.31. The van der Waals surface area contributed by atoms with E-state index in [0.29, 0.717) is 0 Å². The summed E-state index contributed by atoms with van der Waals surface area (Å²) < 4.78 is 38.0. The largest absolute Gasteiger partial charge is 0.481 e. The lowest BCUT2D eigenvalue weighted by molar-refractivity contribution is -0.133. The van der Waals surface area contributed by atoms with Crippen LogP contribution in [0.25, 0.3) is 0 Å². The second kappa shape index (κ2) is 5.16. The van der Waals surface area contributed by atoms with Crippen molar-refractivity contribution in [1.29, 1.82) is 0 Å². The van der Waals surface area contributed by atoms with Gasteiger partial charge in [0.15, 0.2) is 0 Å². The molecule has 0 saturated carbocycles. The number of aliphatic carboxylic acids is 1. The zero-order chi connectivity index (χ0) is 12.2. The van der Waals surface area contributed by atoms with Gasteiger partial charge in [-0.3, -0.25) is 9.00 Å². The Morgan fingerprint density at radius 2 is 1.88 bits per heavy atom. The topological polar surface area (TPSA) is 54.4 Å². The van der Waals surface area contributed by atoms with Crippen LogP contribution in [0.15, 0.2) is 30.3 Å². The van der Waals surface area contributed by atoms with Crippen LogP contribution in [0.2, 0.25) is 0 Å². The van der Waals surface area contributed by atoms with E-state index >= 15 is 0 Å². The Morgan fingerprint density at radius 1 is 1.31 bits per heavy atom. The first-order valence-electron chi connectivity index (χ1n) is 4.42. The number of hydrogen-bond acceptors (Lipinski definition) is 2. The molecule has 1 rings (SSSR count). The molecule has 0 aliphatic heterocycles. The summed E-state index contributed by atoms with van der Waals surface area (Å²) in [5.74, 6) is -6.34. The SMILES string of the molecule is O=C(O)CS(=O)CC(F)(F)c1ccccc1. The van der Waals surface area contributed by atoms with Crippen LogP contribution in [0.3, 0.4) is 0 Å². The average Bonchev–Trinajstić information content (AvgIpc) is 2.16. The molecule has 6 heteroatoms. The van der Waals surface area contributed by atoms with Gasteiger partial charge in [0, 0.05) is 16.4 Å². The van der Waals surface area contributed by atoms with Crippen molar-refractivity contribution in [2.24, 2.45) is 0 Å². The first-order chi connectivity index (χ1) is 7.42. The van der Waals surface area contributed by atoms with Gasteiger partial charge in [0.25, 0.3) is 5.92 Å². The van der Waals surface area contributed by atoms with E-state index < -0.39 is 34.2 Å². The number of carboxylic acid groups (broad SMARTS) is 1. The highest BCUT2D eigenvalue weighted by Crippen LogP contribution is 2.28. The minimum atomic E-state index is -3.26. The molecule has 0 aliphatic rings. The highest BCUT2D eigenvalue weighted by molar-refractivity contribution is 7.85. The molecule has 0 spiro atoms. The number of carboxylic acids is 1. The van der Waals surface area contributed by atoms with Crippen molar-refractivity contribution in [2.75, 3.05) is 11.5 Å². The summed E-state index contributed by atoms with van der Waals surface area (Å²) in [6.45, 7) is 0. The summed E-state index contributed by atoms with van der Waals surface area (Å²) in [6.07, 6.45) is 0. The number of halogens is 2. The molecule has 1 aromatic carbocycles. The van der Waals surface area contributed by atoms with Gasteiger partial charge >= 0.3 is 5.97 Å². The standard InChI is InChI=1S/C10H10F2O3S/c11-10(12,7-16(15)6-9(13)14)8-4-2-1-3-5-8/h1-5H,6-7H2,(H,13,14). The molecule has 1 unspecified atom stereocenters. The van der Waals surface area contributed by atoms with Gasteiger partial charge in [-0.1, -0.05) is 30.3 Å². The van der Waals surface area contributed by atoms with Crippen LogP contribution in [0.1, 0.15) is 5.56 Å². The third-order valence-corrected chi connectivity index (χ3v) is 3.08. The van der Waals surface area contributed by atoms with Crippen LogP contribution in [-0.4, -0.2) is 26.8 Å². The van der Waals surface area contributed by atoms with Gasteiger partial charge in [-0.25, -0.2) is 8.78 Å². The minimum absolute atomic E-state index is 0.256. The average molecular weight is 248 g/mol. The summed E-state index contributed by atoms with van der Waals surface area (Å²) in [6, 6.07) is 6.93. The van der Waals surface area contributed by atoms with Crippen molar-refractivity contribution in [3.05, 3.63) is 35.9 Å². The van der Waals surface area contributed by atoms with E-state index in [1.807, 2.05) is 0 Å². The summed E-state index contributed by atoms with van der Waals surface area (Å²) in [4.78, 5) is 10.2. The van der Waals surface area contributed by atoms with Crippen molar-refractivity contribution >= 4 is 16.8 Å². The van der Waals surface area contributed by atoms with Crippen LogP contribution in [0.5, 0.6) is 0 Å². The van der Waals surface area contributed by atoms with Crippen molar-refractivity contribution < 1.29 is 22.9 Å². The normalized spacial score (nSPS) is 13.4. The zero-order valence-electron chi connectivity index (χ0n) is 8.23. The Balaban J connectivity index is 2.72. The molecule has 0 radical (unpaired) electrons. The van der Waals surface area contributed by atoms with E-state index in [0.717, 1.165) is 0 Å². The molecular formula is C10H10F2O3S. The number of rotatable bonds is 5. The fraction of sp³-hybridized carbons (Fsp3) is 0.300. The van der Waals surface area contributed by atoms with Gasteiger partial charge in [-0.05, 0) is 0 Å². The van der Waals surface area contributed by atoms with Crippen molar-refractivity contribution in [1.82, 2.24) is 0 Å². The van der Waals surface area contributed by atoms with Gasteiger partial charge in [-0.2, -0.15) is 0 Å². The van der Waals surface area contributed by atoms with Crippen LogP contribution in [0, 0.1) is 0 Å². The van der Waals surface area contributed by atoms with E-state index in [1.54, 1.807) is 6.07 Å². The highest BCUT2D eigenvalue weighted by atomic mass is 32.2. The molecule has 0 saturated heterocycles. The predicted molar refractivity (Wildman–Crippen MR) is 55.8 cm³/mol. The fourth-order valence-electron chi connectivity index (χ4n) is 1.16.